The Morgan fingerprint density at radius 1 is 1.17 bits per heavy atom. The van der Waals surface area contributed by atoms with Gasteiger partial charge in [0.05, 0.1) is 31.0 Å². The van der Waals surface area contributed by atoms with Gasteiger partial charge in [-0.25, -0.2) is 0 Å². The van der Waals surface area contributed by atoms with Gasteiger partial charge in [-0.15, -0.1) is 12.4 Å². The molecule has 0 saturated heterocycles. The normalized spacial score (nSPS) is 12.9. The smallest absolute Gasteiger partial charge is 0.224 e. The number of anilines is 1. The van der Waals surface area contributed by atoms with E-state index in [0.717, 1.165) is 23.5 Å². The molecule has 2 aromatic carbocycles. The second kappa shape index (κ2) is 11.8. The van der Waals surface area contributed by atoms with Gasteiger partial charge in [0.2, 0.25) is 5.91 Å². The van der Waals surface area contributed by atoms with Crippen LogP contribution in [0.2, 0.25) is 5.02 Å². The average Bonchev–Trinajstić information content (AvgIpc) is 2.73. The molecule has 1 aliphatic heterocycles. The fourth-order valence-corrected chi connectivity index (χ4v) is 3.24. The Morgan fingerprint density at radius 2 is 1.83 bits per heavy atom. The number of hydrogen-bond acceptors (Lipinski definition) is 5. The predicted molar refractivity (Wildman–Crippen MR) is 123 cm³/mol. The first-order chi connectivity index (χ1) is 13.8. The van der Waals surface area contributed by atoms with Gasteiger partial charge in [-0.1, -0.05) is 24.6 Å². The lowest BCUT2D eigenvalue weighted by atomic mass is 9.97. The quantitative estimate of drug-likeness (QED) is 0.651. The summed E-state index contributed by atoms with van der Waals surface area (Å²) in [6, 6.07) is 8.73. The summed E-state index contributed by atoms with van der Waals surface area (Å²) in [4.78, 5) is 23.0. The molecule has 1 aliphatic rings. The molecule has 1 unspecified atom stereocenters. The summed E-state index contributed by atoms with van der Waals surface area (Å²) in [7, 11) is 3.29. The fraction of sp³-hybridized carbons (Fsp3) is 0.364. The van der Waals surface area contributed by atoms with Crippen molar-refractivity contribution >= 4 is 41.4 Å². The number of ketones is 1. The Labute approximate surface area is 188 Å². The number of amides is 1. The summed E-state index contributed by atoms with van der Waals surface area (Å²) < 4.78 is 10.3. The van der Waals surface area contributed by atoms with Gasteiger partial charge < -0.3 is 20.5 Å². The van der Waals surface area contributed by atoms with Crippen molar-refractivity contribution in [3.8, 4) is 11.5 Å². The van der Waals surface area contributed by atoms with Gasteiger partial charge in [0.15, 0.2) is 17.3 Å². The number of aryl methyl sites for hydroxylation is 2. The number of benzene rings is 2. The van der Waals surface area contributed by atoms with Crippen molar-refractivity contribution < 1.29 is 19.1 Å². The third-order valence-corrected chi connectivity index (χ3v) is 4.91. The number of nitrogens with one attached hydrogen (secondary N) is 1. The molecule has 0 aromatic heterocycles. The second-order valence-electron chi connectivity index (χ2n) is 6.74. The summed E-state index contributed by atoms with van der Waals surface area (Å²) in [6.45, 7) is 3.75. The highest BCUT2D eigenvalue weighted by Gasteiger charge is 2.21. The van der Waals surface area contributed by atoms with E-state index in [-0.39, 0.29) is 24.1 Å². The van der Waals surface area contributed by atoms with Gasteiger partial charge in [0.1, 0.15) is 0 Å². The van der Waals surface area contributed by atoms with Gasteiger partial charge in [-0.05, 0) is 55.2 Å². The van der Waals surface area contributed by atoms with Crippen molar-refractivity contribution in [3.63, 3.8) is 0 Å². The van der Waals surface area contributed by atoms with Crippen LogP contribution in [0.1, 0.15) is 41.8 Å². The van der Waals surface area contributed by atoms with Crippen molar-refractivity contribution in [1.82, 2.24) is 0 Å². The molecule has 1 amide bonds. The summed E-state index contributed by atoms with van der Waals surface area (Å²) in [5.41, 5.74) is 8.82. The second-order valence-corrected chi connectivity index (χ2v) is 7.14. The summed E-state index contributed by atoms with van der Waals surface area (Å²) in [5, 5.41) is 3.10. The number of Topliss-reactive ketones (excluding diaryl/α,β-unsaturated/α-hetero) is 1. The molecule has 0 fully saturated rings. The first-order valence-electron chi connectivity index (χ1n) is 9.43. The Kier molecular flexibility index (Phi) is 10.1. The molecular weight excluding hydrogens is 427 g/mol. The van der Waals surface area contributed by atoms with Gasteiger partial charge >= 0.3 is 0 Å². The molecule has 0 spiro atoms. The van der Waals surface area contributed by atoms with E-state index in [9.17, 15) is 9.59 Å². The molecule has 30 heavy (non-hydrogen) atoms. The molecule has 6 nitrogen and oxygen atoms in total. The van der Waals surface area contributed by atoms with Crippen molar-refractivity contribution in [2.45, 2.75) is 39.2 Å². The molecule has 0 aliphatic carbocycles. The molecule has 2 aromatic rings. The van der Waals surface area contributed by atoms with Crippen LogP contribution in [0.3, 0.4) is 0 Å². The monoisotopic (exact) mass is 454 g/mol. The third-order valence-electron chi connectivity index (χ3n) is 4.61. The Hall–Kier alpha value is -2.28. The molecule has 164 valence electrons. The van der Waals surface area contributed by atoms with Gasteiger partial charge in [0, 0.05) is 12.0 Å². The Morgan fingerprint density at radius 3 is 2.40 bits per heavy atom. The number of rotatable bonds is 5. The Bertz CT molecular complexity index is 901. The number of nitrogens with two attached hydrogens (primary N) is 1. The summed E-state index contributed by atoms with van der Waals surface area (Å²) >= 11 is 6.05. The lowest BCUT2D eigenvalue weighted by molar-refractivity contribution is -0.116. The predicted octanol–water partition coefficient (Wildman–Crippen LogP) is 4.44. The molecule has 8 heteroatoms. The molecule has 0 radical (unpaired) electrons. The molecular formula is C22H28Cl2N2O4. The molecule has 1 heterocycles. The largest absolute Gasteiger partial charge is 0.493 e. The minimum absolute atomic E-state index is 0. The minimum atomic E-state index is -0.553. The van der Waals surface area contributed by atoms with Crippen LogP contribution in [0.25, 0.3) is 0 Å². The zero-order valence-electron chi connectivity index (χ0n) is 17.6. The lowest BCUT2D eigenvalue weighted by Crippen LogP contribution is -2.27. The van der Waals surface area contributed by atoms with Crippen LogP contribution >= 0.6 is 24.0 Å². The first kappa shape index (κ1) is 25.8. The summed E-state index contributed by atoms with van der Waals surface area (Å²) in [6.07, 6.45) is 2.03. The van der Waals surface area contributed by atoms with Gasteiger partial charge in [-0.3, -0.25) is 9.59 Å². The number of fused-ring (bicyclic) bond motifs is 1. The summed E-state index contributed by atoms with van der Waals surface area (Å²) in [5.74, 6) is 1.39. The van der Waals surface area contributed by atoms with Crippen LogP contribution in [0.15, 0.2) is 30.3 Å². The number of carbonyl (C=O) groups excluding carboxylic acids is 2. The van der Waals surface area contributed by atoms with Crippen LogP contribution < -0.4 is 20.5 Å². The molecule has 0 saturated carbocycles. The maximum Gasteiger partial charge on any atom is 0.224 e. The standard InChI is InChI=1S/C12H13ClN2O2.C10H14O2.ClH/c1-6(14)12(17)8-4-7-2-3-10(16)15-11(7)9(13)5-8;1-4-8-5-6-9(11-2)10(7-8)12-3;/h4-6H,2-3,14H2,1H3,(H,15,16);5-7H,4H2,1-3H3;1H. The number of ether oxygens (including phenoxy) is 2. The maximum absolute atomic E-state index is 11.8. The molecule has 3 rings (SSSR count). The van der Waals surface area contributed by atoms with Crippen LogP contribution in [0.4, 0.5) is 5.69 Å². The Balaban J connectivity index is 0.000000308. The van der Waals surface area contributed by atoms with Crippen LogP contribution in [-0.2, 0) is 17.6 Å². The van der Waals surface area contributed by atoms with Crippen molar-refractivity contribution in [3.05, 3.63) is 52.0 Å². The van der Waals surface area contributed by atoms with Crippen molar-refractivity contribution in [2.24, 2.45) is 5.73 Å². The SMILES string of the molecule is CC(N)C(=O)c1cc(Cl)c2c(c1)CCC(=O)N2.CCc1ccc(OC)c(OC)c1.Cl. The van der Waals surface area contributed by atoms with E-state index < -0.39 is 6.04 Å². The van der Waals surface area contributed by atoms with Crippen molar-refractivity contribution in [2.75, 3.05) is 19.5 Å². The fourth-order valence-electron chi connectivity index (χ4n) is 2.96. The third kappa shape index (κ3) is 6.36. The number of carbonyl (C=O) groups is 2. The van der Waals surface area contributed by atoms with Crippen LogP contribution in [0, 0.1) is 0 Å². The zero-order chi connectivity index (χ0) is 21.6. The van der Waals surface area contributed by atoms with E-state index >= 15 is 0 Å². The van der Waals surface area contributed by atoms with Crippen LogP contribution in [-0.4, -0.2) is 32.0 Å². The number of hydrogen-bond donors (Lipinski definition) is 2. The number of methoxy groups -OCH3 is 2. The van der Waals surface area contributed by atoms with E-state index in [0.29, 0.717) is 29.1 Å². The highest BCUT2D eigenvalue weighted by molar-refractivity contribution is 6.34. The first-order valence-corrected chi connectivity index (χ1v) is 9.81. The lowest BCUT2D eigenvalue weighted by Gasteiger charge is -2.19. The minimum Gasteiger partial charge on any atom is -0.493 e. The molecule has 3 N–H and O–H groups in total. The topological polar surface area (TPSA) is 90.7 Å². The van der Waals surface area contributed by atoms with E-state index in [4.69, 9.17) is 26.8 Å². The van der Waals surface area contributed by atoms with E-state index in [1.54, 1.807) is 33.3 Å². The van der Waals surface area contributed by atoms with E-state index in [1.807, 2.05) is 18.2 Å². The van der Waals surface area contributed by atoms with Gasteiger partial charge in [-0.2, -0.15) is 0 Å². The number of halogens is 2. The maximum atomic E-state index is 11.8. The van der Waals surface area contributed by atoms with Crippen LogP contribution in [0.5, 0.6) is 11.5 Å². The van der Waals surface area contributed by atoms with E-state index in [1.165, 1.54) is 5.56 Å². The van der Waals surface area contributed by atoms with Gasteiger partial charge in [0.25, 0.3) is 0 Å². The van der Waals surface area contributed by atoms with E-state index in [2.05, 4.69) is 12.2 Å². The molecule has 1 atom stereocenters. The van der Waals surface area contributed by atoms with Crippen molar-refractivity contribution in [1.29, 1.82) is 0 Å². The molecule has 0 bridgehead atoms. The zero-order valence-corrected chi connectivity index (χ0v) is 19.2. The highest BCUT2D eigenvalue weighted by Crippen LogP contribution is 2.32. The highest BCUT2D eigenvalue weighted by atomic mass is 35.5. The average molecular weight is 455 g/mol.